The van der Waals surface area contributed by atoms with Crippen LogP contribution in [0.2, 0.25) is 0 Å². The third kappa shape index (κ3) is 5.53. The van der Waals surface area contributed by atoms with E-state index in [2.05, 4.69) is 4.74 Å². The highest BCUT2D eigenvalue weighted by Crippen LogP contribution is 2.38. The van der Waals surface area contributed by atoms with Gasteiger partial charge in [-0.05, 0) is 45.0 Å². The molecular formula is C14H15F5O6S. The smallest absolute Gasteiger partial charge is 0.432 e. The summed E-state index contributed by atoms with van der Waals surface area (Å²) in [6, 6.07) is 4.27. The quantitative estimate of drug-likeness (QED) is 0.458. The fourth-order valence-corrected chi connectivity index (χ4v) is 2.10. The number of hydrogen-bond acceptors (Lipinski definition) is 5. The van der Waals surface area contributed by atoms with Crippen LogP contribution in [-0.4, -0.2) is 42.1 Å². The second-order valence-electron chi connectivity index (χ2n) is 6.10. The second kappa shape index (κ2) is 6.99. The first-order chi connectivity index (χ1) is 11.4. The van der Waals surface area contributed by atoms with Gasteiger partial charge in [0, 0.05) is 0 Å². The van der Waals surface area contributed by atoms with Crippen molar-refractivity contribution in [3.63, 3.8) is 0 Å². The third-order valence-corrected chi connectivity index (χ3v) is 3.59. The van der Waals surface area contributed by atoms with Gasteiger partial charge >= 0.3 is 27.5 Å². The van der Waals surface area contributed by atoms with E-state index in [1.165, 1.54) is 12.1 Å². The molecule has 1 rings (SSSR count). The van der Waals surface area contributed by atoms with Crippen molar-refractivity contribution in [1.82, 2.24) is 0 Å². The van der Waals surface area contributed by atoms with E-state index < -0.39 is 44.8 Å². The van der Waals surface area contributed by atoms with Gasteiger partial charge in [0.25, 0.3) is 6.10 Å². The molecular weight excluding hydrogens is 391 g/mol. The van der Waals surface area contributed by atoms with E-state index in [0.717, 1.165) is 12.1 Å². The molecule has 0 heterocycles. The van der Waals surface area contributed by atoms with Crippen molar-refractivity contribution in [2.24, 2.45) is 0 Å². The Balaban J connectivity index is 3.08. The van der Waals surface area contributed by atoms with E-state index in [0.29, 0.717) is 0 Å². The molecule has 1 aromatic carbocycles. The first-order valence-corrected chi connectivity index (χ1v) is 8.31. The maximum atomic E-state index is 13.4. The molecule has 0 bridgehead atoms. The molecule has 0 spiro atoms. The predicted molar refractivity (Wildman–Crippen MR) is 78.6 cm³/mol. The van der Waals surface area contributed by atoms with E-state index in [9.17, 15) is 35.2 Å². The molecule has 1 atom stereocenters. The van der Waals surface area contributed by atoms with Crippen molar-refractivity contribution in [2.45, 2.75) is 43.9 Å². The standard InChI is InChI=1S/C14H15F5O6S/c1-12(2,3)25-9-6-4-8(5-7-9)10(20)24-11(13(15,16)17)14(18,19)26(21,22)23/h4-7,11H,1-3H3,(H,21,22,23). The Kier molecular flexibility index (Phi) is 5.94. The van der Waals surface area contributed by atoms with Gasteiger partial charge in [0.05, 0.1) is 5.56 Å². The maximum absolute atomic E-state index is 13.4. The number of carbonyl (C=O) groups is 1. The van der Waals surface area contributed by atoms with Crippen LogP contribution in [0.15, 0.2) is 24.3 Å². The SMILES string of the molecule is CC(C)(C)Oc1ccc(C(=O)OC(C(F)(F)F)C(F)(F)S(=O)(=O)O)cc1. The lowest BCUT2D eigenvalue weighted by Crippen LogP contribution is -2.52. The second-order valence-corrected chi connectivity index (χ2v) is 7.60. The highest BCUT2D eigenvalue weighted by Gasteiger charge is 2.66. The first-order valence-electron chi connectivity index (χ1n) is 6.87. The van der Waals surface area contributed by atoms with Crippen LogP contribution in [0.25, 0.3) is 0 Å². The molecule has 0 aromatic heterocycles. The maximum Gasteiger partial charge on any atom is 0.432 e. The van der Waals surface area contributed by atoms with Crippen molar-refractivity contribution in [1.29, 1.82) is 0 Å². The lowest BCUT2D eigenvalue weighted by Gasteiger charge is -2.26. The minimum Gasteiger partial charge on any atom is -0.488 e. The van der Waals surface area contributed by atoms with Gasteiger partial charge < -0.3 is 9.47 Å². The fourth-order valence-electron chi connectivity index (χ4n) is 1.65. The van der Waals surface area contributed by atoms with Crippen molar-refractivity contribution in [2.75, 3.05) is 0 Å². The first kappa shape index (κ1) is 22.1. The molecule has 0 radical (unpaired) electrons. The minimum atomic E-state index is -6.49. The fraction of sp³-hybridized carbons (Fsp3) is 0.500. The summed E-state index contributed by atoms with van der Waals surface area (Å²) in [5.41, 5.74) is -1.17. The van der Waals surface area contributed by atoms with E-state index in [-0.39, 0.29) is 5.75 Å². The largest absolute Gasteiger partial charge is 0.488 e. The van der Waals surface area contributed by atoms with Gasteiger partial charge in [-0.1, -0.05) is 0 Å². The molecule has 0 amide bonds. The summed E-state index contributed by atoms with van der Waals surface area (Å²) in [6.07, 6.45) is -10.3. The summed E-state index contributed by atoms with van der Waals surface area (Å²) in [4.78, 5) is 11.7. The van der Waals surface area contributed by atoms with Gasteiger partial charge in [-0.25, -0.2) is 4.79 Å². The van der Waals surface area contributed by atoms with Crippen molar-refractivity contribution in [3.05, 3.63) is 29.8 Å². The van der Waals surface area contributed by atoms with Crippen molar-refractivity contribution in [3.8, 4) is 5.75 Å². The summed E-state index contributed by atoms with van der Waals surface area (Å²) in [7, 11) is -6.49. The molecule has 12 heteroatoms. The van der Waals surface area contributed by atoms with E-state index in [4.69, 9.17) is 9.29 Å². The van der Waals surface area contributed by atoms with E-state index >= 15 is 0 Å². The highest BCUT2D eigenvalue weighted by atomic mass is 32.2. The van der Waals surface area contributed by atoms with Crippen molar-refractivity contribution >= 4 is 16.1 Å². The molecule has 1 aromatic rings. The van der Waals surface area contributed by atoms with Crippen LogP contribution < -0.4 is 4.74 Å². The Bertz CT molecular complexity index is 750. The van der Waals surface area contributed by atoms with Crippen LogP contribution >= 0.6 is 0 Å². The van der Waals surface area contributed by atoms with Gasteiger partial charge in [-0.15, -0.1) is 0 Å². The topological polar surface area (TPSA) is 89.9 Å². The van der Waals surface area contributed by atoms with Gasteiger partial charge in [0.1, 0.15) is 11.4 Å². The number of carbonyl (C=O) groups excluding carboxylic acids is 1. The molecule has 0 saturated carbocycles. The van der Waals surface area contributed by atoms with Crippen LogP contribution in [0.5, 0.6) is 5.75 Å². The number of rotatable bonds is 5. The summed E-state index contributed by atoms with van der Waals surface area (Å²) < 4.78 is 103. The third-order valence-electron chi connectivity index (χ3n) is 2.69. The van der Waals surface area contributed by atoms with Crippen LogP contribution in [0, 0.1) is 0 Å². The minimum absolute atomic E-state index is 0.240. The van der Waals surface area contributed by atoms with Gasteiger partial charge in [0.2, 0.25) is 0 Å². The molecule has 0 saturated heterocycles. The zero-order chi connectivity index (χ0) is 20.6. The summed E-state index contributed by atoms with van der Waals surface area (Å²) in [5.74, 6) is -1.62. The Hall–Kier alpha value is -1.95. The van der Waals surface area contributed by atoms with Crippen LogP contribution in [0.1, 0.15) is 31.1 Å². The molecule has 1 N–H and O–H groups in total. The molecule has 0 aliphatic carbocycles. The van der Waals surface area contributed by atoms with Crippen molar-refractivity contribution < 1.29 is 49.2 Å². The van der Waals surface area contributed by atoms with Crippen LogP contribution in [0.4, 0.5) is 22.0 Å². The normalized spacial score (nSPS) is 14.7. The van der Waals surface area contributed by atoms with Gasteiger partial charge in [-0.2, -0.15) is 30.4 Å². The zero-order valence-corrected chi connectivity index (χ0v) is 14.5. The number of esters is 1. The lowest BCUT2D eigenvalue weighted by molar-refractivity contribution is -0.248. The lowest BCUT2D eigenvalue weighted by atomic mass is 10.1. The molecule has 148 valence electrons. The Morgan fingerprint density at radius 3 is 1.85 bits per heavy atom. The highest BCUT2D eigenvalue weighted by molar-refractivity contribution is 7.86. The number of halogens is 5. The summed E-state index contributed by atoms with van der Waals surface area (Å²) >= 11 is 0. The number of hydrogen-bond donors (Lipinski definition) is 1. The Labute approximate surface area is 145 Å². The van der Waals surface area contributed by atoms with Crippen LogP contribution in [0.3, 0.4) is 0 Å². The average molecular weight is 406 g/mol. The Morgan fingerprint density at radius 2 is 1.50 bits per heavy atom. The monoisotopic (exact) mass is 406 g/mol. The van der Waals surface area contributed by atoms with E-state index in [1.807, 2.05) is 0 Å². The number of ether oxygens (including phenoxy) is 2. The van der Waals surface area contributed by atoms with Gasteiger partial charge in [-0.3, -0.25) is 4.55 Å². The zero-order valence-electron chi connectivity index (χ0n) is 13.7. The molecule has 1 unspecified atom stereocenters. The summed E-state index contributed by atoms with van der Waals surface area (Å²) in [5, 5.41) is -5.78. The molecule has 0 fully saturated rings. The number of benzene rings is 1. The molecule has 26 heavy (non-hydrogen) atoms. The molecule has 0 aliphatic rings. The molecule has 0 aliphatic heterocycles. The average Bonchev–Trinajstić information content (AvgIpc) is 2.40. The van der Waals surface area contributed by atoms with Crippen LogP contribution in [-0.2, 0) is 14.9 Å². The summed E-state index contributed by atoms with van der Waals surface area (Å²) in [6.45, 7) is 5.13. The van der Waals surface area contributed by atoms with Gasteiger partial charge in [0.15, 0.2) is 0 Å². The van der Waals surface area contributed by atoms with E-state index in [1.54, 1.807) is 20.8 Å². The predicted octanol–water partition coefficient (Wildman–Crippen LogP) is 3.43. The molecule has 6 nitrogen and oxygen atoms in total. The number of alkyl halides is 5. The Morgan fingerprint density at radius 1 is 1.04 bits per heavy atom.